The highest BCUT2D eigenvalue weighted by atomic mass is 16.5. The first-order valence-electron chi connectivity index (χ1n) is 11.4. The minimum atomic E-state index is -0.211. The fourth-order valence-corrected chi connectivity index (χ4v) is 3.96. The molecule has 1 N–H and O–H groups in total. The van der Waals surface area contributed by atoms with Gasteiger partial charge in [-0.1, -0.05) is 6.07 Å². The maximum Gasteiger partial charge on any atom is 0.307 e. The third-order valence-electron chi connectivity index (χ3n) is 5.82. The van der Waals surface area contributed by atoms with Gasteiger partial charge in [-0.15, -0.1) is 0 Å². The van der Waals surface area contributed by atoms with E-state index < -0.39 is 0 Å². The van der Waals surface area contributed by atoms with E-state index in [0.29, 0.717) is 42.7 Å². The number of fused-ring (bicyclic) bond motifs is 1. The molecule has 1 saturated carbocycles. The van der Waals surface area contributed by atoms with Gasteiger partial charge in [0.25, 0.3) is 0 Å². The lowest BCUT2D eigenvalue weighted by atomic mass is 10.1. The lowest BCUT2D eigenvalue weighted by Crippen LogP contribution is -2.08. The van der Waals surface area contributed by atoms with E-state index in [1.807, 2.05) is 22.8 Å². The molecule has 8 heteroatoms. The first-order valence-corrected chi connectivity index (χ1v) is 11.4. The molecular weight excluding hydrogens is 428 g/mol. The Labute approximate surface area is 197 Å². The van der Waals surface area contributed by atoms with E-state index in [4.69, 9.17) is 15.0 Å². The second-order valence-corrected chi connectivity index (χ2v) is 8.31. The van der Waals surface area contributed by atoms with Crippen LogP contribution in [-0.2, 0) is 16.1 Å². The SMILES string of the molecule is CCOC(=O)CCn1cnc2cc(-c3cc(C4CC4)cc(Nc4cc(C#N)ccn4)n3)ccc21. The van der Waals surface area contributed by atoms with Gasteiger partial charge in [0.1, 0.15) is 11.6 Å². The Morgan fingerprint density at radius 3 is 2.85 bits per heavy atom. The van der Waals surface area contributed by atoms with Gasteiger partial charge in [-0.2, -0.15) is 5.26 Å². The van der Waals surface area contributed by atoms with Crippen molar-refractivity contribution in [2.75, 3.05) is 11.9 Å². The molecule has 0 spiro atoms. The number of imidazole rings is 1. The van der Waals surface area contributed by atoms with Gasteiger partial charge in [0.15, 0.2) is 0 Å². The summed E-state index contributed by atoms with van der Waals surface area (Å²) in [5.41, 5.74) is 5.41. The molecule has 4 aromatic rings. The van der Waals surface area contributed by atoms with Crippen LogP contribution in [0.5, 0.6) is 0 Å². The van der Waals surface area contributed by atoms with Crippen molar-refractivity contribution in [2.45, 2.75) is 38.6 Å². The van der Waals surface area contributed by atoms with Gasteiger partial charge in [-0.3, -0.25) is 4.79 Å². The molecule has 34 heavy (non-hydrogen) atoms. The topological polar surface area (TPSA) is 106 Å². The first-order chi connectivity index (χ1) is 16.6. The maximum atomic E-state index is 11.7. The molecule has 1 aliphatic carbocycles. The van der Waals surface area contributed by atoms with Crippen LogP contribution in [0.3, 0.4) is 0 Å². The number of hydrogen-bond acceptors (Lipinski definition) is 7. The van der Waals surface area contributed by atoms with Gasteiger partial charge in [0.2, 0.25) is 0 Å². The van der Waals surface area contributed by atoms with E-state index in [1.165, 1.54) is 18.4 Å². The molecule has 0 unspecified atom stereocenters. The smallest absolute Gasteiger partial charge is 0.307 e. The summed E-state index contributed by atoms with van der Waals surface area (Å²) >= 11 is 0. The zero-order valence-electron chi connectivity index (χ0n) is 18.9. The number of hydrogen-bond donors (Lipinski definition) is 1. The van der Waals surface area contributed by atoms with Crippen molar-refractivity contribution >= 4 is 28.6 Å². The normalized spacial score (nSPS) is 12.9. The van der Waals surface area contributed by atoms with Crippen molar-refractivity contribution in [2.24, 2.45) is 0 Å². The fourth-order valence-electron chi connectivity index (χ4n) is 3.96. The molecule has 3 heterocycles. The summed E-state index contributed by atoms with van der Waals surface area (Å²) in [7, 11) is 0. The Balaban J connectivity index is 1.43. The third-order valence-corrected chi connectivity index (χ3v) is 5.82. The number of pyridine rings is 2. The summed E-state index contributed by atoms with van der Waals surface area (Å²) < 4.78 is 6.99. The van der Waals surface area contributed by atoms with E-state index in [0.717, 1.165) is 22.3 Å². The summed E-state index contributed by atoms with van der Waals surface area (Å²) in [5.74, 6) is 1.62. The molecule has 0 aliphatic heterocycles. The summed E-state index contributed by atoms with van der Waals surface area (Å²) in [6, 6.07) is 15.8. The van der Waals surface area contributed by atoms with Crippen LogP contribution in [0.25, 0.3) is 22.3 Å². The highest BCUT2D eigenvalue weighted by Gasteiger charge is 2.25. The number of carbonyl (C=O) groups is 1. The van der Waals surface area contributed by atoms with Crippen molar-refractivity contribution < 1.29 is 9.53 Å². The van der Waals surface area contributed by atoms with Crippen LogP contribution in [0, 0.1) is 11.3 Å². The number of ether oxygens (including phenoxy) is 1. The van der Waals surface area contributed by atoms with Gasteiger partial charge in [-0.05, 0) is 67.6 Å². The van der Waals surface area contributed by atoms with Crippen LogP contribution in [0.1, 0.15) is 43.2 Å². The zero-order chi connectivity index (χ0) is 23.5. The molecule has 3 aromatic heterocycles. The predicted octanol–water partition coefficient (Wildman–Crippen LogP) is 4.94. The molecule has 1 aromatic carbocycles. The largest absolute Gasteiger partial charge is 0.466 e. The minimum Gasteiger partial charge on any atom is -0.466 e. The molecule has 0 bridgehead atoms. The average Bonchev–Trinajstić information content (AvgIpc) is 3.63. The quantitative estimate of drug-likeness (QED) is 0.378. The summed E-state index contributed by atoms with van der Waals surface area (Å²) in [5, 5.41) is 12.4. The van der Waals surface area contributed by atoms with Crippen molar-refractivity contribution in [3.63, 3.8) is 0 Å². The lowest BCUT2D eigenvalue weighted by molar-refractivity contribution is -0.143. The molecule has 0 atom stereocenters. The summed E-state index contributed by atoms with van der Waals surface area (Å²) in [4.78, 5) is 25.4. The van der Waals surface area contributed by atoms with E-state index >= 15 is 0 Å². The number of esters is 1. The van der Waals surface area contributed by atoms with Gasteiger partial charge < -0.3 is 14.6 Å². The molecule has 170 valence electrons. The average molecular weight is 453 g/mol. The van der Waals surface area contributed by atoms with Crippen LogP contribution >= 0.6 is 0 Å². The fraction of sp³-hybridized carbons (Fsp3) is 0.269. The lowest BCUT2D eigenvalue weighted by Gasteiger charge is -2.11. The molecule has 0 saturated heterocycles. The van der Waals surface area contributed by atoms with Crippen molar-refractivity contribution in [1.82, 2.24) is 19.5 Å². The van der Waals surface area contributed by atoms with Crippen LogP contribution in [0.4, 0.5) is 11.6 Å². The van der Waals surface area contributed by atoms with Crippen molar-refractivity contribution in [3.8, 4) is 17.3 Å². The second-order valence-electron chi connectivity index (χ2n) is 8.31. The molecule has 1 aliphatic rings. The monoisotopic (exact) mass is 452 g/mol. The van der Waals surface area contributed by atoms with E-state index in [-0.39, 0.29) is 5.97 Å². The predicted molar refractivity (Wildman–Crippen MR) is 128 cm³/mol. The molecular formula is C26H24N6O2. The van der Waals surface area contributed by atoms with Crippen molar-refractivity contribution in [1.29, 1.82) is 5.26 Å². The van der Waals surface area contributed by atoms with Crippen LogP contribution in [0.2, 0.25) is 0 Å². The highest BCUT2D eigenvalue weighted by Crippen LogP contribution is 2.42. The first kappa shape index (κ1) is 21.6. The standard InChI is InChI=1S/C26H24N6O2/c1-2-34-26(33)8-10-32-16-29-22-12-19(5-6-23(22)32)21-13-20(18-3-4-18)14-25(30-21)31-24-11-17(15-27)7-9-28-24/h5-7,9,11-14,16,18H,2-4,8,10H2,1H3,(H,28,30,31). The Hall–Kier alpha value is -4.25. The van der Waals surface area contributed by atoms with Gasteiger partial charge in [0, 0.05) is 18.3 Å². The highest BCUT2D eigenvalue weighted by molar-refractivity contribution is 5.82. The van der Waals surface area contributed by atoms with Crippen LogP contribution in [-0.4, -0.2) is 32.1 Å². The van der Waals surface area contributed by atoms with Gasteiger partial charge in [0.05, 0.1) is 47.7 Å². The van der Waals surface area contributed by atoms with Crippen molar-refractivity contribution in [3.05, 3.63) is 66.1 Å². The number of carbonyl (C=O) groups excluding carboxylic acids is 1. The number of nitrogens with zero attached hydrogens (tertiary/aromatic N) is 5. The molecule has 8 nitrogen and oxygen atoms in total. The number of aromatic nitrogens is 4. The second kappa shape index (κ2) is 9.32. The number of rotatable bonds is 8. The van der Waals surface area contributed by atoms with Crippen LogP contribution < -0.4 is 5.32 Å². The molecule has 0 radical (unpaired) electrons. The summed E-state index contributed by atoms with van der Waals surface area (Å²) in [6.45, 7) is 2.71. The van der Waals surface area contributed by atoms with E-state index in [2.05, 4.69) is 33.5 Å². The van der Waals surface area contributed by atoms with Gasteiger partial charge >= 0.3 is 5.97 Å². The minimum absolute atomic E-state index is 0.211. The number of aryl methyl sites for hydroxylation is 1. The number of anilines is 2. The Kier molecular flexibility index (Phi) is 5.91. The van der Waals surface area contributed by atoms with Crippen LogP contribution in [0.15, 0.2) is 55.0 Å². The molecule has 0 amide bonds. The van der Waals surface area contributed by atoms with E-state index in [1.54, 1.807) is 31.6 Å². The Bertz CT molecular complexity index is 1400. The zero-order valence-corrected chi connectivity index (χ0v) is 18.9. The van der Waals surface area contributed by atoms with Gasteiger partial charge in [-0.25, -0.2) is 15.0 Å². The Morgan fingerprint density at radius 2 is 2.06 bits per heavy atom. The summed E-state index contributed by atoms with van der Waals surface area (Å²) in [6.07, 6.45) is 6.02. The molecule has 1 fully saturated rings. The third kappa shape index (κ3) is 4.74. The molecule has 5 rings (SSSR count). The number of nitrogens with one attached hydrogen (secondary N) is 1. The van der Waals surface area contributed by atoms with E-state index in [9.17, 15) is 4.79 Å². The number of benzene rings is 1. The maximum absolute atomic E-state index is 11.7. The Morgan fingerprint density at radius 1 is 1.18 bits per heavy atom. The number of nitriles is 1.